The minimum atomic E-state index is 0.0437. The summed E-state index contributed by atoms with van der Waals surface area (Å²) in [6, 6.07) is 0.487. The molecule has 0 saturated carbocycles. The number of rotatable bonds is 4. The first-order chi connectivity index (χ1) is 13.2. The predicted octanol–water partition coefficient (Wildman–Crippen LogP) is 1.96. The fourth-order valence-electron chi connectivity index (χ4n) is 4.21. The van der Waals surface area contributed by atoms with E-state index in [1.165, 1.54) is 0 Å². The minimum Gasteiger partial charge on any atom is -0.333 e. The first-order valence-electron chi connectivity index (χ1n) is 10.2. The zero-order valence-corrected chi connectivity index (χ0v) is 16.3. The number of hydrogen-bond acceptors (Lipinski definition) is 4. The van der Waals surface area contributed by atoms with E-state index in [0.717, 1.165) is 69.1 Å². The second kappa shape index (κ2) is 7.70. The highest BCUT2D eigenvalue weighted by Gasteiger charge is 2.28. The van der Waals surface area contributed by atoms with Crippen molar-refractivity contribution in [2.45, 2.75) is 71.0 Å². The Morgan fingerprint density at radius 2 is 2.15 bits per heavy atom. The molecule has 27 heavy (non-hydrogen) atoms. The number of piperidine rings is 1. The molecule has 0 aromatic carbocycles. The molecule has 1 saturated heterocycles. The van der Waals surface area contributed by atoms with Crippen LogP contribution in [0.1, 0.15) is 56.6 Å². The number of aromatic nitrogens is 5. The maximum Gasteiger partial charge on any atom is 0.317 e. The van der Waals surface area contributed by atoms with Gasteiger partial charge in [0.25, 0.3) is 0 Å². The van der Waals surface area contributed by atoms with E-state index in [2.05, 4.69) is 38.8 Å². The van der Waals surface area contributed by atoms with Crippen LogP contribution in [0.15, 0.2) is 12.4 Å². The van der Waals surface area contributed by atoms with Gasteiger partial charge in [-0.05, 0) is 19.3 Å². The Morgan fingerprint density at radius 1 is 1.26 bits per heavy atom. The summed E-state index contributed by atoms with van der Waals surface area (Å²) in [6.07, 6.45) is 9.58. The molecular formula is C19H29N7O. The van der Waals surface area contributed by atoms with Crippen molar-refractivity contribution in [1.29, 1.82) is 0 Å². The first-order valence-corrected chi connectivity index (χ1v) is 10.2. The van der Waals surface area contributed by atoms with Crippen molar-refractivity contribution < 1.29 is 4.79 Å². The van der Waals surface area contributed by atoms with Gasteiger partial charge in [0, 0.05) is 44.7 Å². The van der Waals surface area contributed by atoms with Crippen molar-refractivity contribution in [3.05, 3.63) is 29.9 Å². The molecule has 2 unspecified atom stereocenters. The lowest BCUT2D eigenvalue weighted by molar-refractivity contribution is 0.160. The maximum absolute atomic E-state index is 12.9. The summed E-state index contributed by atoms with van der Waals surface area (Å²) in [5.41, 5.74) is 0. The summed E-state index contributed by atoms with van der Waals surface area (Å²) in [4.78, 5) is 23.8. The van der Waals surface area contributed by atoms with Crippen molar-refractivity contribution >= 4 is 6.03 Å². The SMILES string of the molecule is CCc1nc2n(n1)CC(NC(=O)N1CCCC(n3ccnc3CC)C1)CC2. The van der Waals surface area contributed by atoms with Gasteiger partial charge >= 0.3 is 6.03 Å². The Hall–Kier alpha value is -2.38. The van der Waals surface area contributed by atoms with Crippen LogP contribution < -0.4 is 5.32 Å². The minimum absolute atomic E-state index is 0.0437. The van der Waals surface area contributed by atoms with Gasteiger partial charge in [-0.15, -0.1) is 0 Å². The van der Waals surface area contributed by atoms with Crippen LogP contribution in [0.5, 0.6) is 0 Å². The molecule has 1 N–H and O–H groups in total. The van der Waals surface area contributed by atoms with E-state index < -0.39 is 0 Å². The van der Waals surface area contributed by atoms with E-state index in [9.17, 15) is 4.79 Å². The molecule has 8 heteroatoms. The summed E-state index contributed by atoms with van der Waals surface area (Å²) in [7, 11) is 0. The fourth-order valence-corrected chi connectivity index (χ4v) is 4.21. The van der Waals surface area contributed by atoms with E-state index >= 15 is 0 Å². The molecule has 8 nitrogen and oxygen atoms in total. The molecule has 0 spiro atoms. The van der Waals surface area contributed by atoms with Gasteiger partial charge in [-0.3, -0.25) is 0 Å². The summed E-state index contributed by atoms with van der Waals surface area (Å²) in [5.74, 6) is 3.03. The molecule has 2 amide bonds. The molecule has 1 fully saturated rings. The molecule has 2 aromatic rings. The van der Waals surface area contributed by atoms with Gasteiger partial charge in [0.2, 0.25) is 0 Å². The van der Waals surface area contributed by atoms with E-state index in [1.807, 2.05) is 22.0 Å². The van der Waals surface area contributed by atoms with Crippen LogP contribution in [0.2, 0.25) is 0 Å². The zero-order valence-electron chi connectivity index (χ0n) is 16.3. The van der Waals surface area contributed by atoms with Crippen LogP contribution >= 0.6 is 0 Å². The molecule has 4 heterocycles. The lowest BCUT2D eigenvalue weighted by atomic mass is 10.1. The van der Waals surface area contributed by atoms with Gasteiger partial charge in [0.1, 0.15) is 11.6 Å². The van der Waals surface area contributed by atoms with Gasteiger partial charge in [-0.25, -0.2) is 19.4 Å². The van der Waals surface area contributed by atoms with E-state index in [-0.39, 0.29) is 12.1 Å². The summed E-state index contributed by atoms with van der Waals surface area (Å²) in [5, 5.41) is 7.76. The quantitative estimate of drug-likeness (QED) is 0.891. The van der Waals surface area contributed by atoms with E-state index in [0.29, 0.717) is 12.6 Å². The molecule has 2 aromatic heterocycles. The smallest absolute Gasteiger partial charge is 0.317 e. The zero-order chi connectivity index (χ0) is 18.8. The van der Waals surface area contributed by atoms with Crippen molar-refractivity contribution in [3.63, 3.8) is 0 Å². The number of nitrogens with zero attached hydrogens (tertiary/aromatic N) is 6. The molecular weight excluding hydrogens is 342 g/mol. The number of carbonyl (C=O) groups excluding carboxylic acids is 1. The highest BCUT2D eigenvalue weighted by atomic mass is 16.2. The monoisotopic (exact) mass is 371 g/mol. The molecule has 4 rings (SSSR count). The molecule has 146 valence electrons. The summed E-state index contributed by atoms with van der Waals surface area (Å²) in [6.45, 7) is 6.47. The third-order valence-electron chi connectivity index (χ3n) is 5.69. The van der Waals surface area contributed by atoms with Crippen molar-refractivity contribution in [2.75, 3.05) is 13.1 Å². The Bertz CT molecular complexity index is 796. The lowest BCUT2D eigenvalue weighted by Gasteiger charge is -2.35. The molecule has 2 atom stereocenters. The third kappa shape index (κ3) is 3.70. The summed E-state index contributed by atoms with van der Waals surface area (Å²) < 4.78 is 4.21. The van der Waals surface area contributed by atoms with Gasteiger partial charge in [-0.2, -0.15) is 5.10 Å². The highest BCUT2D eigenvalue weighted by molar-refractivity contribution is 5.74. The molecule has 2 aliphatic heterocycles. The average molecular weight is 371 g/mol. The lowest BCUT2D eigenvalue weighted by Crippen LogP contribution is -2.51. The molecule has 0 radical (unpaired) electrons. The number of amides is 2. The van der Waals surface area contributed by atoms with Crippen molar-refractivity contribution in [2.24, 2.45) is 0 Å². The number of urea groups is 1. The molecule has 0 bridgehead atoms. The van der Waals surface area contributed by atoms with Gasteiger partial charge in [0.15, 0.2) is 5.82 Å². The largest absolute Gasteiger partial charge is 0.333 e. The number of likely N-dealkylation sites (tertiary alicyclic amines) is 1. The van der Waals surface area contributed by atoms with E-state index in [4.69, 9.17) is 0 Å². The number of imidazole rings is 1. The second-order valence-electron chi connectivity index (χ2n) is 7.51. The number of aryl methyl sites for hydroxylation is 3. The Kier molecular flexibility index (Phi) is 5.13. The summed E-state index contributed by atoms with van der Waals surface area (Å²) >= 11 is 0. The predicted molar refractivity (Wildman–Crippen MR) is 101 cm³/mol. The maximum atomic E-state index is 12.9. The van der Waals surface area contributed by atoms with E-state index in [1.54, 1.807) is 0 Å². The molecule has 2 aliphatic rings. The molecule has 0 aliphatic carbocycles. The van der Waals surface area contributed by atoms with Gasteiger partial charge < -0.3 is 14.8 Å². The van der Waals surface area contributed by atoms with Crippen LogP contribution in [-0.4, -0.2) is 54.4 Å². The number of carbonyl (C=O) groups is 1. The van der Waals surface area contributed by atoms with Crippen molar-refractivity contribution in [3.8, 4) is 0 Å². The standard InChI is InChI=1S/C19H29N7O/c1-3-16-22-18-8-7-14(12-26(18)23-16)21-19(27)24-10-5-6-15(13-24)25-11-9-20-17(25)4-2/h9,11,14-15H,3-8,10,12-13H2,1-2H3,(H,21,27). The van der Waals surface area contributed by atoms with Gasteiger partial charge in [-0.1, -0.05) is 13.8 Å². The van der Waals surface area contributed by atoms with Crippen LogP contribution in [-0.2, 0) is 25.8 Å². The van der Waals surface area contributed by atoms with Gasteiger partial charge in [0.05, 0.1) is 18.6 Å². The third-order valence-corrected chi connectivity index (χ3v) is 5.69. The Morgan fingerprint density at radius 3 is 2.96 bits per heavy atom. The van der Waals surface area contributed by atoms with Crippen LogP contribution in [0.4, 0.5) is 4.79 Å². The Balaban J connectivity index is 1.37. The number of nitrogens with one attached hydrogen (secondary N) is 1. The topological polar surface area (TPSA) is 80.9 Å². The second-order valence-corrected chi connectivity index (χ2v) is 7.51. The average Bonchev–Trinajstić information content (AvgIpc) is 3.34. The fraction of sp³-hybridized carbons (Fsp3) is 0.684. The normalized spacial score (nSPS) is 22.5. The highest BCUT2D eigenvalue weighted by Crippen LogP contribution is 2.23. The Labute approximate surface area is 160 Å². The van der Waals surface area contributed by atoms with Crippen molar-refractivity contribution in [1.82, 2.24) is 34.5 Å². The number of hydrogen-bond donors (Lipinski definition) is 1. The van der Waals surface area contributed by atoms with Crippen LogP contribution in [0.25, 0.3) is 0 Å². The first kappa shape index (κ1) is 18.0. The van der Waals surface area contributed by atoms with Crippen LogP contribution in [0, 0.1) is 0 Å². The number of fused-ring (bicyclic) bond motifs is 1. The van der Waals surface area contributed by atoms with Crippen LogP contribution in [0.3, 0.4) is 0 Å².